The summed E-state index contributed by atoms with van der Waals surface area (Å²) in [4.78, 5) is 10.6. The van der Waals surface area contributed by atoms with Gasteiger partial charge in [-0.05, 0) is 79.8 Å². The molecule has 170 valence electrons. The Balaban J connectivity index is 0.000000268. The van der Waals surface area contributed by atoms with Crippen LogP contribution in [0.1, 0.15) is 99.2 Å². The van der Waals surface area contributed by atoms with Gasteiger partial charge < -0.3 is 10.2 Å². The maximum atomic E-state index is 10.6. The number of phenols is 2. The van der Waals surface area contributed by atoms with E-state index in [2.05, 4.69) is 45.7 Å². The van der Waals surface area contributed by atoms with E-state index in [0.717, 1.165) is 38.5 Å². The van der Waals surface area contributed by atoms with Crippen LogP contribution in [0.2, 0.25) is 0 Å². The summed E-state index contributed by atoms with van der Waals surface area (Å²) in [5, 5.41) is 19.7. The van der Waals surface area contributed by atoms with Crippen LogP contribution in [-0.4, -0.2) is 16.5 Å². The highest BCUT2D eigenvalue weighted by Crippen LogP contribution is 2.47. The van der Waals surface area contributed by atoms with Gasteiger partial charge in [-0.15, -0.1) is 0 Å². The van der Waals surface area contributed by atoms with Crippen LogP contribution in [0.25, 0.3) is 6.08 Å². The van der Waals surface area contributed by atoms with Crippen molar-refractivity contribution in [1.82, 2.24) is 0 Å². The van der Waals surface area contributed by atoms with E-state index in [4.69, 9.17) is 0 Å². The molecule has 0 spiro atoms. The van der Waals surface area contributed by atoms with Gasteiger partial charge in [0.15, 0.2) is 6.29 Å². The lowest BCUT2D eigenvalue weighted by atomic mass is 10.0. The van der Waals surface area contributed by atoms with E-state index in [1.165, 1.54) is 19.3 Å². The van der Waals surface area contributed by atoms with Gasteiger partial charge in [0, 0.05) is 14.5 Å². The Bertz CT molecular complexity index is 898. The summed E-state index contributed by atoms with van der Waals surface area (Å²) in [5.74, 6) is 1.64. The molecular formula is C26H34Br2O3. The van der Waals surface area contributed by atoms with Crippen molar-refractivity contribution in [3.8, 4) is 11.5 Å². The van der Waals surface area contributed by atoms with Gasteiger partial charge in [-0.2, -0.15) is 0 Å². The van der Waals surface area contributed by atoms with Gasteiger partial charge >= 0.3 is 0 Å². The molecule has 0 aromatic heterocycles. The van der Waals surface area contributed by atoms with E-state index in [1.54, 1.807) is 6.07 Å². The lowest BCUT2D eigenvalue weighted by molar-refractivity contribution is 0.112. The number of allylic oxidation sites excluding steroid dienone is 1. The third-order valence-corrected chi connectivity index (χ3v) is 5.69. The molecule has 0 bridgehead atoms. The maximum absolute atomic E-state index is 10.6. The minimum atomic E-state index is 0. The van der Waals surface area contributed by atoms with Crippen molar-refractivity contribution >= 4 is 44.2 Å². The Morgan fingerprint density at radius 3 is 1.61 bits per heavy atom. The summed E-state index contributed by atoms with van der Waals surface area (Å²) in [7, 11) is 0. The summed E-state index contributed by atoms with van der Waals surface area (Å²) in [6.45, 7) is 6.21. The molecule has 0 heterocycles. The third kappa shape index (κ3) is 8.12. The lowest BCUT2D eigenvalue weighted by Crippen LogP contribution is -1.88. The number of aromatic hydroxyl groups is 2. The van der Waals surface area contributed by atoms with E-state index >= 15 is 0 Å². The van der Waals surface area contributed by atoms with Crippen LogP contribution < -0.4 is 0 Å². The number of aldehydes is 1. The van der Waals surface area contributed by atoms with E-state index in [0.29, 0.717) is 29.4 Å². The molecule has 0 saturated heterocycles. The molecule has 2 N–H and O–H groups in total. The number of hydrogen-bond donors (Lipinski definition) is 2. The van der Waals surface area contributed by atoms with Gasteiger partial charge in [0.25, 0.3) is 0 Å². The average Bonchev–Trinajstić information content (AvgIpc) is 3.60. The predicted octanol–water partition coefficient (Wildman–Crippen LogP) is 8.96. The van der Waals surface area contributed by atoms with E-state index in [1.807, 2.05) is 37.3 Å². The van der Waals surface area contributed by atoms with Crippen LogP contribution in [0.3, 0.4) is 0 Å². The van der Waals surface area contributed by atoms with Crippen LogP contribution in [0, 0.1) is 0 Å². The molecule has 0 unspecified atom stereocenters. The zero-order valence-electron chi connectivity index (χ0n) is 17.8. The maximum Gasteiger partial charge on any atom is 0.153 e. The third-order valence-electron chi connectivity index (χ3n) is 4.77. The molecule has 5 heteroatoms. The first-order chi connectivity index (χ1) is 14.4. The Hall–Kier alpha value is -1.59. The van der Waals surface area contributed by atoms with Crippen molar-refractivity contribution in [2.45, 2.75) is 72.1 Å². The zero-order chi connectivity index (χ0) is 22.3. The molecular weight excluding hydrogens is 520 g/mol. The van der Waals surface area contributed by atoms with Gasteiger partial charge in [0.1, 0.15) is 11.5 Å². The molecule has 0 aliphatic heterocycles. The number of rotatable bonds is 4. The van der Waals surface area contributed by atoms with Crippen LogP contribution in [0.4, 0.5) is 0 Å². The first kappa shape index (κ1) is 27.4. The van der Waals surface area contributed by atoms with Crippen molar-refractivity contribution < 1.29 is 15.0 Å². The van der Waals surface area contributed by atoms with Gasteiger partial charge in [0.2, 0.25) is 0 Å². The van der Waals surface area contributed by atoms with Gasteiger partial charge in [-0.1, -0.05) is 71.7 Å². The van der Waals surface area contributed by atoms with Crippen molar-refractivity contribution in [1.29, 1.82) is 0 Å². The Morgan fingerprint density at radius 1 is 0.871 bits per heavy atom. The molecule has 2 aromatic rings. The fourth-order valence-corrected chi connectivity index (χ4v) is 4.08. The normalized spacial score (nSPS) is 14.6. The summed E-state index contributed by atoms with van der Waals surface area (Å²) < 4.78 is 1.90. The highest BCUT2D eigenvalue weighted by atomic mass is 79.9. The molecule has 2 aromatic carbocycles. The summed E-state index contributed by atoms with van der Waals surface area (Å²) >= 11 is 6.78. The molecule has 2 aliphatic carbocycles. The Kier molecular flexibility index (Phi) is 11.6. The van der Waals surface area contributed by atoms with Crippen molar-refractivity contribution in [3.63, 3.8) is 0 Å². The van der Waals surface area contributed by atoms with Crippen molar-refractivity contribution in [2.24, 2.45) is 0 Å². The van der Waals surface area contributed by atoms with E-state index in [9.17, 15) is 15.0 Å². The fraction of sp³-hybridized carbons (Fsp3) is 0.423. The molecule has 2 aliphatic rings. The number of hydrogen-bond acceptors (Lipinski definition) is 3. The Morgan fingerprint density at radius 2 is 1.26 bits per heavy atom. The summed E-state index contributed by atoms with van der Waals surface area (Å²) in [6.07, 6.45) is 10.5. The smallest absolute Gasteiger partial charge is 0.153 e. The van der Waals surface area contributed by atoms with Crippen LogP contribution in [-0.2, 0) is 0 Å². The monoisotopic (exact) mass is 552 g/mol. The molecule has 2 fully saturated rings. The van der Waals surface area contributed by atoms with Gasteiger partial charge in [-0.3, -0.25) is 4.79 Å². The van der Waals surface area contributed by atoms with Crippen molar-refractivity contribution in [2.75, 3.05) is 0 Å². The van der Waals surface area contributed by atoms with Crippen LogP contribution >= 0.6 is 31.9 Å². The number of phenolic OH excluding ortho intramolecular Hbond substituents is 2. The molecule has 0 radical (unpaired) electrons. The SMILES string of the molecule is C.C/C=C/c1cc(Br)cc(C2CC2)c1O.CCC.O=Cc1cc(Br)cc(C2CC2)c1O. The fourth-order valence-electron chi connectivity index (χ4n) is 3.09. The van der Waals surface area contributed by atoms with Crippen molar-refractivity contribution in [3.05, 3.63) is 61.5 Å². The largest absolute Gasteiger partial charge is 0.507 e. The van der Waals surface area contributed by atoms with E-state index in [-0.39, 0.29) is 13.2 Å². The molecule has 0 atom stereocenters. The number of carbonyl (C=O) groups is 1. The lowest BCUT2D eigenvalue weighted by Gasteiger charge is -2.07. The zero-order valence-corrected chi connectivity index (χ0v) is 21.0. The summed E-state index contributed by atoms with van der Waals surface area (Å²) in [5.41, 5.74) is 3.27. The number of halogens is 2. The minimum Gasteiger partial charge on any atom is -0.507 e. The second kappa shape index (κ2) is 13.1. The van der Waals surface area contributed by atoms with Gasteiger partial charge in [0.05, 0.1) is 5.56 Å². The second-order valence-electron chi connectivity index (χ2n) is 7.74. The van der Waals surface area contributed by atoms with Gasteiger partial charge in [-0.25, -0.2) is 0 Å². The minimum absolute atomic E-state index is 0. The molecule has 4 rings (SSSR count). The Labute approximate surface area is 203 Å². The molecule has 3 nitrogen and oxygen atoms in total. The number of benzene rings is 2. The average molecular weight is 554 g/mol. The molecule has 2 saturated carbocycles. The first-order valence-electron chi connectivity index (χ1n) is 10.5. The topological polar surface area (TPSA) is 57.5 Å². The van der Waals surface area contributed by atoms with Crippen LogP contribution in [0.5, 0.6) is 11.5 Å². The highest BCUT2D eigenvalue weighted by molar-refractivity contribution is 9.10. The van der Waals surface area contributed by atoms with E-state index < -0.39 is 0 Å². The first-order valence-corrected chi connectivity index (χ1v) is 12.1. The second-order valence-corrected chi connectivity index (χ2v) is 9.57. The quantitative estimate of drug-likeness (QED) is 0.371. The highest BCUT2D eigenvalue weighted by Gasteiger charge is 2.28. The van der Waals surface area contributed by atoms with Crippen LogP contribution in [0.15, 0.2) is 39.3 Å². The predicted molar refractivity (Wildman–Crippen MR) is 138 cm³/mol. The summed E-state index contributed by atoms with van der Waals surface area (Å²) in [6, 6.07) is 7.50. The molecule has 31 heavy (non-hydrogen) atoms. The molecule has 0 amide bonds. The number of carbonyl (C=O) groups excluding carboxylic acids is 1. The standard InChI is InChI=1S/C12H13BrO.C10H9BrO2.C3H8.CH4/c1-2-3-9-6-10(13)7-11(12(9)14)8-4-5-8;11-8-3-7(5-12)10(13)9(4-8)6-1-2-6;1-3-2;/h2-3,6-8,14H,4-5H2,1H3;3-6,13H,1-2H2;3H2,1-2H3;1H4/b3-2+;;;.